The molecule has 2 aromatic carbocycles. The largest absolute Gasteiger partial charge is 0.490 e. The molecular formula is C29H35N3O5. The van der Waals surface area contributed by atoms with Crippen LogP contribution in [0.25, 0.3) is 10.9 Å². The number of aromatic nitrogens is 1. The number of ether oxygens (including phenoxy) is 2. The number of nitrogens with zero attached hydrogens (tertiary/aromatic N) is 2. The Morgan fingerprint density at radius 2 is 1.92 bits per heavy atom. The van der Waals surface area contributed by atoms with Gasteiger partial charge in [-0.1, -0.05) is 31.2 Å². The molecule has 1 fully saturated rings. The SMILES string of the molecule is CCCOc1ccc(C2CN3C(=O)CN(CCCO)C(=O)[C@]3(C)c3[nH]c4ccccc4c32)cc1OCC. The van der Waals surface area contributed by atoms with Crippen LogP contribution < -0.4 is 9.47 Å². The molecule has 1 unspecified atom stereocenters. The van der Waals surface area contributed by atoms with Crippen molar-refractivity contribution in [2.24, 2.45) is 0 Å². The van der Waals surface area contributed by atoms with Crippen molar-refractivity contribution >= 4 is 22.7 Å². The van der Waals surface area contributed by atoms with Gasteiger partial charge in [0.05, 0.1) is 25.5 Å². The second-order valence-electron chi connectivity index (χ2n) is 9.88. The first-order chi connectivity index (χ1) is 17.9. The lowest BCUT2D eigenvalue weighted by atomic mass is 9.76. The summed E-state index contributed by atoms with van der Waals surface area (Å²) in [5.74, 6) is 1.02. The van der Waals surface area contributed by atoms with Gasteiger partial charge in [0.1, 0.15) is 0 Å². The molecule has 2 aliphatic rings. The molecule has 0 aliphatic carbocycles. The molecule has 1 aromatic heterocycles. The summed E-state index contributed by atoms with van der Waals surface area (Å²) in [4.78, 5) is 34.2. The third kappa shape index (κ3) is 4.13. The molecule has 2 atom stereocenters. The summed E-state index contributed by atoms with van der Waals surface area (Å²) < 4.78 is 11.9. The highest BCUT2D eigenvalue weighted by atomic mass is 16.5. The number of aliphatic hydroxyl groups is 1. The average molecular weight is 506 g/mol. The van der Waals surface area contributed by atoms with Crippen molar-refractivity contribution in [3.05, 3.63) is 59.3 Å². The minimum Gasteiger partial charge on any atom is -0.490 e. The van der Waals surface area contributed by atoms with Crippen LogP contribution in [0.3, 0.4) is 0 Å². The zero-order valence-corrected chi connectivity index (χ0v) is 21.8. The summed E-state index contributed by atoms with van der Waals surface area (Å²) in [6.07, 6.45) is 1.33. The van der Waals surface area contributed by atoms with E-state index in [4.69, 9.17) is 9.47 Å². The van der Waals surface area contributed by atoms with Crippen molar-refractivity contribution in [2.45, 2.75) is 45.1 Å². The Bertz CT molecular complexity index is 1320. The van der Waals surface area contributed by atoms with Crippen LogP contribution in [-0.4, -0.2) is 71.2 Å². The van der Waals surface area contributed by atoms with E-state index in [1.165, 1.54) is 0 Å². The van der Waals surface area contributed by atoms with Gasteiger partial charge in [0, 0.05) is 36.5 Å². The van der Waals surface area contributed by atoms with E-state index < -0.39 is 5.54 Å². The maximum absolute atomic E-state index is 13.9. The van der Waals surface area contributed by atoms with Gasteiger partial charge in [0.25, 0.3) is 5.91 Å². The van der Waals surface area contributed by atoms with E-state index >= 15 is 0 Å². The molecule has 8 heteroatoms. The molecular weight excluding hydrogens is 470 g/mol. The molecule has 3 heterocycles. The molecule has 0 bridgehead atoms. The standard InChI is InChI=1S/C29H35N3O5/c1-4-15-37-23-12-11-19(16-24(23)36-5-2)21-17-32-25(34)18-31(13-8-14-33)28(35)29(32,3)27-26(21)20-9-6-7-10-22(20)30-27/h6-7,9-12,16,21,30,33H,4-5,8,13-15,17-18H2,1-3H3/t21?,29-/m0/s1. The van der Waals surface area contributed by atoms with Crippen LogP contribution in [-0.2, 0) is 15.1 Å². The van der Waals surface area contributed by atoms with E-state index in [1.807, 2.05) is 50.2 Å². The van der Waals surface area contributed by atoms with Gasteiger partial charge in [-0.3, -0.25) is 9.59 Å². The number of piperazine rings is 1. The summed E-state index contributed by atoms with van der Waals surface area (Å²) in [5.41, 5.74) is 2.57. The number of hydrogen-bond acceptors (Lipinski definition) is 5. The second-order valence-corrected chi connectivity index (χ2v) is 9.88. The summed E-state index contributed by atoms with van der Waals surface area (Å²) in [5, 5.41) is 10.4. The van der Waals surface area contributed by atoms with Crippen molar-refractivity contribution in [1.82, 2.24) is 14.8 Å². The van der Waals surface area contributed by atoms with Crippen LogP contribution in [0, 0.1) is 0 Å². The topological polar surface area (TPSA) is 95.1 Å². The zero-order valence-electron chi connectivity index (χ0n) is 21.8. The number of amides is 2. The van der Waals surface area contributed by atoms with Crippen molar-refractivity contribution < 1.29 is 24.2 Å². The summed E-state index contributed by atoms with van der Waals surface area (Å²) in [6.45, 7) is 7.68. The van der Waals surface area contributed by atoms with E-state index in [9.17, 15) is 14.7 Å². The fraction of sp³-hybridized carbons (Fsp3) is 0.448. The number of aromatic amines is 1. The zero-order chi connectivity index (χ0) is 26.2. The Labute approximate surface area is 217 Å². The number of H-pyrrole nitrogens is 1. The maximum atomic E-state index is 13.9. The molecule has 196 valence electrons. The number of rotatable bonds is 9. The van der Waals surface area contributed by atoms with Gasteiger partial charge in [-0.2, -0.15) is 0 Å². The summed E-state index contributed by atoms with van der Waals surface area (Å²) >= 11 is 0. The van der Waals surface area contributed by atoms with Crippen LogP contribution in [0.2, 0.25) is 0 Å². The molecule has 8 nitrogen and oxygen atoms in total. The van der Waals surface area contributed by atoms with E-state index in [-0.39, 0.29) is 30.9 Å². The predicted octanol–water partition coefficient (Wildman–Crippen LogP) is 3.77. The third-order valence-electron chi connectivity index (χ3n) is 7.54. The van der Waals surface area contributed by atoms with Crippen LogP contribution in [0.15, 0.2) is 42.5 Å². The molecule has 1 saturated heterocycles. The third-order valence-corrected chi connectivity index (χ3v) is 7.54. The van der Waals surface area contributed by atoms with Crippen molar-refractivity contribution in [3.63, 3.8) is 0 Å². The highest BCUT2D eigenvalue weighted by Gasteiger charge is 2.56. The number of aliphatic hydroxyl groups excluding tert-OH is 1. The van der Waals surface area contributed by atoms with Gasteiger partial charge in [-0.25, -0.2) is 0 Å². The number of carbonyl (C=O) groups excluding carboxylic acids is 2. The van der Waals surface area contributed by atoms with Gasteiger partial charge in [0.15, 0.2) is 17.0 Å². The Kier molecular flexibility index (Phi) is 6.86. The van der Waals surface area contributed by atoms with Gasteiger partial charge >= 0.3 is 0 Å². The maximum Gasteiger partial charge on any atom is 0.254 e. The van der Waals surface area contributed by atoms with Crippen LogP contribution >= 0.6 is 0 Å². The number of fused-ring (bicyclic) bond motifs is 5. The van der Waals surface area contributed by atoms with Crippen molar-refractivity contribution in [1.29, 1.82) is 0 Å². The van der Waals surface area contributed by atoms with E-state index in [1.54, 1.807) is 9.80 Å². The highest BCUT2D eigenvalue weighted by Crippen LogP contribution is 2.49. The summed E-state index contributed by atoms with van der Waals surface area (Å²) in [6, 6.07) is 14.0. The highest BCUT2D eigenvalue weighted by molar-refractivity contribution is 6.01. The van der Waals surface area contributed by atoms with Crippen LogP contribution in [0.1, 0.15) is 56.4 Å². The smallest absolute Gasteiger partial charge is 0.254 e. The van der Waals surface area contributed by atoms with Gasteiger partial charge in [-0.05, 0) is 56.0 Å². The fourth-order valence-electron chi connectivity index (χ4n) is 5.76. The number of hydrogen-bond donors (Lipinski definition) is 2. The molecule has 5 rings (SSSR count). The Morgan fingerprint density at radius 3 is 2.68 bits per heavy atom. The fourth-order valence-corrected chi connectivity index (χ4v) is 5.76. The minimum atomic E-state index is -1.15. The molecule has 0 saturated carbocycles. The Balaban J connectivity index is 1.66. The van der Waals surface area contributed by atoms with E-state index in [0.29, 0.717) is 44.2 Å². The van der Waals surface area contributed by atoms with Crippen LogP contribution in [0.4, 0.5) is 0 Å². The van der Waals surface area contributed by atoms with Gasteiger partial charge in [0.2, 0.25) is 5.91 Å². The number of benzene rings is 2. The molecule has 37 heavy (non-hydrogen) atoms. The molecule has 2 aliphatic heterocycles. The molecule has 0 radical (unpaired) electrons. The first-order valence-corrected chi connectivity index (χ1v) is 13.1. The first kappa shape index (κ1) is 25.1. The molecule has 2 amide bonds. The molecule has 2 N–H and O–H groups in total. The Hall–Kier alpha value is -3.52. The second kappa shape index (κ2) is 10.1. The lowest BCUT2D eigenvalue weighted by Crippen LogP contribution is -2.67. The Morgan fingerprint density at radius 1 is 1.11 bits per heavy atom. The normalized spacial score (nSPS) is 21.2. The summed E-state index contributed by atoms with van der Waals surface area (Å²) in [7, 11) is 0. The monoisotopic (exact) mass is 505 g/mol. The molecule has 3 aromatic rings. The van der Waals surface area contributed by atoms with Crippen LogP contribution in [0.5, 0.6) is 11.5 Å². The quantitative estimate of drug-likeness (QED) is 0.462. The van der Waals surface area contributed by atoms with E-state index in [0.717, 1.165) is 34.1 Å². The number of carbonyl (C=O) groups is 2. The minimum absolute atomic E-state index is 0.0185. The average Bonchev–Trinajstić information content (AvgIpc) is 3.30. The van der Waals surface area contributed by atoms with Gasteiger partial charge in [-0.15, -0.1) is 0 Å². The number of para-hydroxylation sites is 1. The predicted molar refractivity (Wildman–Crippen MR) is 141 cm³/mol. The van der Waals surface area contributed by atoms with E-state index in [2.05, 4.69) is 18.0 Å². The van der Waals surface area contributed by atoms with Crippen molar-refractivity contribution in [2.75, 3.05) is 39.5 Å². The number of nitrogens with one attached hydrogen (secondary N) is 1. The molecule has 0 spiro atoms. The van der Waals surface area contributed by atoms with Gasteiger partial charge < -0.3 is 29.4 Å². The van der Waals surface area contributed by atoms with Crippen molar-refractivity contribution in [3.8, 4) is 11.5 Å². The lowest BCUT2D eigenvalue weighted by Gasteiger charge is -2.51. The first-order valence-electron chi connectivity index (χ1n) is 13.1. The lowest BCUT2D eigenvalue weighted by molar-refractivity contribution is -0.166.